The monoisotopic (exact) mass is 418 g/mol. The van der Waals surface area contributed by atoms with Gasteiger partial charge in [-0.3, -0.25) is 29.4 Å². The fourth-order valence-electron chi connectivity index (χ4n) is 5.32. The summed E-state index contributed by atoms with van der Waals surface area (Å²) in [6.07, 6.45) is 0.380. The molecular formula is C23H22N4O4. The molecule has 31 heavy (non-hydrogen) atoms. The van der Waals surface area contributed by atoms with Crippen molar-refractivity contribution in [1.29, 1.82) is 0 Å². The number of nitrogens with zero attached hydrogens (tertiary/aromatic N) is 1. The maximum atomic E-state index is 13.5. The predicted molar refractivity (Wildman–Crippen MR) is 111 cm³/mol. The summed E-state index contributed by atoms with van der Waals surface area (Å²) in [6.45, 7) is 0.220. The molecule has 2 aromatic rings. The lowest BCUT2D eigenvalue weighted by Crippen LogP contribution is -2.53. The van der Waals surface area contributed by atoms with E-state index in [0.29, 0.717) is 17.7 Å². The van der Waals surface area contributed by atoms with Crippen molar-refractivity contribution in [3.8, 4) is 0 Å². The molecule has 2 saturated heterocycles. The molecule has 0 saturated carbocycles. The number of amides is 4. The first-order valence-corrected chi connectivity index (χ1v) is 10.3. The molecule has 3 heterocycles. The highest BCUT2D eigenvalue weighted by Gasteiger charge is 2.70. The molecule has 4 atom stereocenters. The van der Waals surface area contributed by atoms with Gasteiger partial charge in [-0.2, -0.15) is 0 Å². The quantitative estimate of drug-likeness (QED) is 0.612. The number of hydrogen-bond acceptors (Lipinski definition) is 5. The highest BCUT2D eigenvalue weighted by atomic mass is 16.2. The summed E-state index contributed by atoms with van der Waals surface area (Å²) in [5.74, 6) is -3.49. The van der Waals surface area contributed by atoms with Crippen molar-refractivity contribution < 1.29 is 19.2 Å². The zero-order valence-electron chi connectivity index (χ0n) is 16.7. The van der Waals surface area contributed by atoms with Gasteiger partial charge in [0.15, 0.2) is 0 Å². The number of primary amides is 1. The third-order valence-electron chi connectivity index (χ3n) is 6.60. The van der Waals surface area contributed by atoms with Gasteiger partial charge in [-0.15, -0.1) is 0 Å². The lowest BCUT2D eigenvalue weighted by molar-refractivity contribution is -0.142. The molecule has 8 heteroatoms. The van der Waals surface area contributed by atoms with E-state index in [9.17, 15) is 19.2 Å². The number of para-hydroxylation sites is 1. The van der Waals surface area contributed by atoms with Crippen molar-refractivity contribution in [3.63, 3.8) is 0 Å². The molecule has 2 aromatic carbocycles. The minimum atomic E-state index is -1.39. The molecule has 4 N–H and O–H groups in total. The number of fused-ring (bicyclic) bond motifs is 4. The third-order valence-corrected chi connectivity index (χ3v) is 6.60. The maximum absolute atomic E-state index is 13.5. The fraction of sp³-hybridized carbons (Fsp3) is 0.304. The van der Waals surface area contributed by atoms with Crippen molar-refractivity contribution in [1.82, 2.24) is 10.2 Å². The number of hydrogen-bond donors (Lipinski definition) is 3. The van der Waals surface area contributed by atoms with Crippen LogP contribution in [0.15, 0.2) is 54.6 Å². The highest BCUT2D eigenvalue weighted by molar-refractivity contribution is 6.15. The molecule has 1 spiro atoms. The molecule has 3 aliphatic heterocycles. The van der Waals surface area contributed by atoms with Crippen LogP contribution < -0.4 is 16.4 Å². The molecule has 5 rings (SSSR count). The number of nitrogens with two attached hydrogens (primary N) is 1. The van der Waals surface area contributed by atoms with Crippen LogP contribution in [0.3, 0.4) is 0 Å². The van der Waals surface area contributed by atoms with Crippen LogP contribution in [0.25, 0.3) is 0 Å². The van der Waals surface area contributed by atoms with Gasteiger partial charge in [-0.05, 0) is 18.1 Å². The first kappa shape index (κ1) is 19.4. The van der Waals surface area contributed by atoms with Crippen LogP contribution in [0, 0.1) is 11.8 Å². The second kappa shape index (κ2) is 7.02. The fourth-order valence-corrected chi connectivity index (χ4v) is 5.32. The number of nitrogens with one attached hydrogen (secondary N) is 2. The summed E-state index contributed by atoms with van der Waals surface area (Å²) in [7, 11) is 0. The van der Waals surface area contributed by atoms with E-state index in [1.807, 2.05) is 30.3 Å². The van der Waals surface area contributed by atoms with Gasteiger partial charge in [-0.25, -0.2) is 0 Å². The summed E-state index contributed by atoms with van der Waals surface area (Å²) in [5.41, 5.74) is 6.26. The van der Waals surface area contributed by atoms with Gasteiger partial charge < -0.3 is 11.1 Å². The van der Waals surface area contributed by atoms with E-state index in [2.05, 4.69) is 10.6 Å². The average Bonchev–Trinajstić information content (AvgIpc) is 3.32. The zero-order chi connectivity index (χ0) is 21.8. The van der Waals surface area contributed by atoms with Crippen molar-refractivity contribution in [2.24, 2.45) is 17.6 Å². The van der Waals surface area contributed by atoms with Crippen LogP contribution in [-0.2, 0) is 31.1 Å². The lowest BCUT2D eigenvalue weighted by Gasteiger charge is -2.29. The standard InChI is InChI=1S/C23H22N4O4/c24-17(28)12-16-18-19(23(26-16)14-8-4-5-9-15(14)25-22(23)31)21(30)27(20(18)29)11-10-13-6-2-1-3-7-13/h1-9,16,18-19,26H,10-12H2,(H2,24,28)(H,25,31)/t16-,18-,19+,23-/m1/s1. The summed E-state index contributed by atoms with van der Waals surface area (Å²) < 4.78 is 0. The molecule has 0 aromatic heterocycles. The number of rotatable bonds is 5. The Balaban J connectivity index is 1.53. The summed E-state index contributed by atoms with van der Waals surface area (Å²) in [4.78, 5) is 53.1. The Labute approximate surface area is 178 Å². The van der Waals surface area contributed by atoms with E-state index in [4.69, 9.17) is 5.73 Å². The second-order valence-corrected chi connectivity index (χ2v) is 8.30. The number of benzene rings is 2. The SMILES string of the molecule is NC(=O)C[C@H]1N[C@@]2(C(=O)Nc3ccccc32)[C@@H]2C(=O)N(CCc3ccccc3)C(=O)[C@@H]21. The first-order valence-electron chi connectivity index (χ1n) is 10.3. The molecule has 0 unspecified atom stereocenters. The van der Waals surface area contributed by atoms with E-state index in [1.54, 1.807) is 24.3 Å². The molecule has 3 aliphatic rings. The summed E-state index contributed by atoms with van der Waals surface area (Å²) in [6, 6.07) is 16.0. The number of carbonyl (C=O) groups is 4. The van der Waals surface area contributed by atoms with Crippen LogP contribution >= 0.6 is 0 Å². The van der Waals surface area contributed by atoms with E-state index in [1.165, 1.54) is 4.90 Å². The van der Waals surface area contributed by atoms with E-state index in [0.717, 1.165) is 5.56 Å². The van der Waals surface area contributed by atoms with Crippen LogP contribution in [-0.4, -0.2) is 41.1 Å². The van der Waals surface area contributed by atoms with Crippen molar-refractivity contribution >= 4 is 29.3 Å². The Morgan fingerprint density at radius 3 is 2.45 bits per heavy atom. The number of imide groups is 1. The molecule has 4 amide bonds. The van der Waals surface area contributed by atoms with Gasteiger partial charge >= 0.3 is 0 Å². The van der Waals surface area contributed by atoms with Crippen molar-refractivity contribution in [2.75, 3.05) is 11.9 Å². The zero-order valence-corrected chi connectivity index (χ0v) is 16.7. The number of likely N-dealkylation sites (tertiary alicyclic amines) is 1. The van der Waals surface area contributed by atoms with Crippen LogP contribution in [0.1, 0.15) is 17.5 Å². The number of carbonyl (C=O) groups excluding carboxylic acids is 4. The Morgan fingerprint density at radius 2 is 1.71 bits per heavy atom. The van der Waals surface area contributed by atoms with Gasteiger partial charge in [0.2, 0.25) is 23.6 Å². The minimum Gasteiger partial charge on any atom is -0.370 e. The molecule has 0 bridgehead atoms. The van der Waals surface area contributed by atoms with Gasteiger partial charge in [-0.1, -0.05) is 48.5 Å². The normalized spacial score (nSPS) is 28.7. The topological polar surface area (TPSA) is 122 Å². The predicted octanol–water partition coefficient (Wildman–Crippen LogP) is 0.525. The van der Waals surface area contributed by atoms with Gasteiger partial charge in [0, 0.05) is 30.3 Å². The van der Waals surface area contributed by atoms with E-state index in [-0.39, 0.29) is 24.8 Å². The van der Waals surface area contributed by atoms with E-state index >= 15 is 0 Å². The van der Waals surface area contributed by atoms with Crippen LogP contribution in [0.4, 0.5) is 5.69 Å². The molecule has 2 fully saturated rings. The molecular weight excluding hydrogens is 396 g/mol. The highest BCUT2D eigenvalue weighted by Crippen LogP contribution is 2.53. The summed E-state index contributed by atoms with van der Waals surface area (Å²) >= 11 is 0. The van der Waals surface area contributed by atoms with Crippen LogP contribution in [0.5, 0.6) is 0 Å². The minimum absolute atomic E-state index is 0.135. The molecule has 0 aliphatic carbocycles. The molecule has 0 radical (unpaired) electrons. The second-order valence-electron chi connectivity index (χ2n) is 8.30. The largest absolute Gasteiger partial charge is 0.370 e. The number of anilines is 1. The van der Waals surface area contributed by atoms with Crippen LogP contribution in [0.2, 0.25) is 0 Å². The Kier molecular flexibility index (Phi) is 4.40. The maximum Gasteiger partial charge on any atom is 0.250 e. The van der Waals surface area contributed by atoms with Gasteiger partial charge in [0.05, 0.1) is 11.8 Å². The third kappa shape index (κ3) is 2.79. The van der Waals surface area contributed by atoms with E-state index < -0.39 is 35.2 Å². The first-order chi connectivity index (χ1) is 14.9. The van der Waals surface area contributed by atoms with Gasteiger partial charge in [0.1, 0.15) is 5.54 Å². The van der Waals surface area contributed by atoms with Crippen molar-refractivity contribution in [3.05, 3.63) is 65.7 Å². The Bertz CT molecular complexity index is 1100. The summed E-state index contributed by atoms with van der Waals surface area (Å²) in [5, 5.41) is 6.00. The van der Waals surface area contributed by atoms with Gasteiger partial charge in [0.25, 0.3) is 0 Å². The Morgan fingerprint density at radius 1 is 1.00 bits per heavy atom. The lowest BCUT2D eigenvalue weighted by atomic mass is 9.76. The molecule has 8 nitrogen and oxygen atoms in total. The van der Waals surface area contributed by atoms with Crippen molar-refractivity contribution in [2.45, 2.75) is 24.4 Å². The average molecular weight is 418 g/mol. The molecule has 158 valence electrons. The smallest absolute Gasteiger partial charge is 0.250 e. The Hall–Kier alpha value is -3.52.